The van der Waals surface area contributed by atoms with Gasteiger partial charge in [0.25, 0.3) is 0 Å². The normalized spacial score (nSPS) is 18.8. The van der Waals surface area contributed by atoms with Crippen molar-refractivity contribution in [3.8, 4) is 17.6 Å². The molecule has 0 aromatic heterocycles. The molecule has 1 fully saturated rings. The van der Waals surface area contributed by atoms with Gasteiger partial charge in [0.05, 0.1) is 32.8 Å². The third kappa shape index (κ3) is 2.91. The number of rotatable bonds is 4. The van der Waals surface area contributed by atoms with Crippen LogP contribution in [0.1, 0.15) is 6.42 Å². The van der Waals surface area contributed by atoms with Gasteiger partial charge in [-0.05, 0) is 12.1 Å². The third-order valence-electron chi connectivity index (χ3n) is 3.38. The maximum Gasteiger partial charge on any atom is 0.162 e. The molecule has 19 heavy (non-hydrogen) atoms. The summed E-state index contributed by atoms with van der Waals surface area (Å²) in [5.41, 5.74) is 1.07. The summed E-state index contributed by atoms with van der Waals surface area (Å²) in [6.07, 6.45) is 0.515. The van der Waals surface area contributed by atoms with Gasteiger partial charge in [0.15, 0.2) is 11.5 Å². The Labute approximate surface area is 113 Å². The fourth-order valence-electron chi connectivity index (χ4n) is 2.39. The zero-order chi connectivity index (χ0) is 13.7. The van der Waals surface area contributed by atoms with E-state index in [9.17, 15) is 0 Å². The summed E-state index contributed by atoms with van der Waals surface area (Å²) in [5, 5.41) is 12.2. The van der Waals surface area contributed by atoms with E-state index in [1.807, 2.05) is 18.2 Å². The average Bonchev–Trinajstić information content (AvgIpc) is 2.47. The molecule has 0 amide bonds. The molecule has 0 saturated carbocycles. The van der Waals surface area contributed by atoms with Crippen LogP contribution < -0.4 is 19.7 Å². The summed E-state index contributed by atoms with van der Waals surface area (Å²) in [5.74, 6) is 1.44. The van der Waals surface area contributed by atoms with E-state index >= 15 is 0 Å². The van der Waals surface area contributed by atoms with Crippen molar-refractivity contribution in [2.24, 2.45) is 0 Å². The first-order valence-corrected chi connectivity index (χ1v) is 6.36. The first-order valence-electron chi connectivity index (χ1n) is 6.36. The molecule has 0 bridgehead atoms. The predicted octanol–water partition coefficient (Wildman–Crippen LogP) is 1.40. The van der Waals surface area contributed by atoms with Crippen LogP contribution in [0, 0.1) is 11.3 Å². The van der Waals surface area contributed by atoms with Crippen molar-refractivity contribution < 1.29 is 9.47 Å². The first-order chi connectivity index (χ1) is 9.30. The quantitative estimate of drug-likeness (QED) is 0.887. The van der Waals surface area contributed by atoms with Crippen molar-refractivity contribution in [2.75, 3.05) is 38.8 Å². The van der Waals surface area contributed by atoms with Gasteiger partial charge in [-0.3, -0.25) is 0 Å². The van der Waals surface area contributed by atoms with E-state index in [4.69, 9.17) is 14.7 Å². The number of nitrogens with one attached hydrogen (secondary N) is 1. The standard InChI is InChI=1S/C14H19N3O2/c1-18-13-4-3-11(9-14(13)19-2)17-8-7-16-10-12(17)5-6-15/h3-4,9,12,16H,5,7-8,10H2,1-2H3. The first kappa shape index (κ1) is 13.5. The minimum absolute atomic E-state index is 0.205. The molecule has 1 aliphatic rings. The van der Waals surface area contributed by atoms with E-state index < -0.39 is 0 Å². The summed E-state index contributed by atoms with van der Waals surface area (Å²) in [7, 11) is 3.26. The second-order valence-electron chi connectivity index (χ2n) is 4.45. The summed E-state index contributed by atoms with van der Waals surface area (Å²) in [6, 6.07) is 8.34. The zero-order valence-corrected chi connectivity index (χ0v) is 11.3. The van der Waals surface area contributed by atoms with E-state index in [-0.39, 0.29) is 6.04 Å². The molecule has 0 spiro atoms. The molecule has 1 aromatic carbocycles. The van der Waals surface area contributed by atoms with Crippen LogP contribution in [0.5, 0.6) is 11.5 Å². The number of benzene rings is 1. The van der Waals surface area contributed by atoms with Gasteiger partial charge in [-0.15, -0.1) is 0 Å². The Kier molecular flexibility index (Phi) is 4.48. The maximum absolute atomic E-state index is 8.92. The van der Waals surface area contributed by atoms with Gasteiger partial charge in [-0.1, -0.05) is 0 Å². The number of hydrogen-bond acceptors (Lipinski definition) is 5. The van der Waals surface area contributed by atoms with E-state index in [1.165, 1.54) is 0 Å². The highest BCUT2D eigenvalue weighted by atomic mass is 16.5. The summed E-state index contributed by atoms with van der Waals surface area (Å²) in [4.78, 5) is 2.25. The Hall–Kier alpha value is -1.93. The minimum atomic E-state index is 0.205. The van der Waals surface area contributed by atoms with E-state index in [1.54, 1.807) is 14.2 Å². The highest BCUT2D eigenvalue weighted by molar-refractivity contribution is 5.57. The van der Waals surface area contributed by atoms with Crippen molar-refractivity contribution >= 4 is 5.69 Å². The largest absolute Gasteiger partial charge is 0.493 e. The fourth-order valence-corrected chi connectivity index (χ4v) is 2.39. The number of hydrogen-bond donors (Lipinski definition) is 1. The number of nitriles is 1. The third-order valence-corrected chi connectivity index (χ3v) is 3.38. The number of ether oxygens (including phenoxy) is 2. The monoisotopic (exact) mass is 261 g/mol. The molecule has 1 atom stereocenters. The lowest BCUT2D eigenvalue weighted by atomic mass is 10.1. The Morgan fingerprint density at radius 2 is 2.16 bits per heavy atom. The molecule has 102 valence electrons. The van der Waals surface area contributed by atoms with Gasteiger partial charge < -0.3 is 19.7 Å². The van der Waals surface area contributed by atoms with Crippen molar-refractivity contribution in [1.82, 2.24) is 5.32 Å². The number of methoxy groups -OCH3 is 2. The van der Waals surface area contributed by atoms with Crippen LogP contribution in [0.2, 0.25) is 0 Å². The summed E-state index contributed by atoms with van der Waals surface area (Å²) >= 11 is 0. The molecule has 1 heterocycles. The maximum atomic E-state index is 8.92. The van der Waals surface area contributed by atoms with Gasteiger partial charge in [0.1, 0.15) is 0 Å². The topological polar surface area (TPSA) is 57.5 Å². The van der Waals surface area contributed by atoms with Crippen molar-refractivity contribution in [1.29, 1.82) is 5.26 Å². The summed E-state index contributed by atoms with van der Waals surface area (Å²) in [6.45, 7) is 2.65. The van der Waals surface area contributed by atoms with Gasteiger partial charge in [-0.2, -0.15) is 5.26 Å². The molecular formula is C14H19N3O2. The number of nitrogens with zero attached hydrogens (tertiary/aromatic N) is 2. The lowest BCUT2D eigenvalue weighted by molar-refractivity contribution is 0.354. The lowest BCUT2D eigenvalue weighted by Gasteiger charge is -2.37. The van der Waals surface area contributed by atoms with Crippen molar-refractivity contribution in [2.45, 2.75) is 12.5 Å². The Balaban J connectivity index is 2.26. The Morgan fingerprint density at radius 1 is 1.37 bits per heavy atom. The van der Waals surface area contributed by atoms with E-state index in [2.05, 4.69) is 16.3 Å². The number of piperazine rings is 1. The second-order valence-corrected chi connectivity index (χ2v) is 4.45. The molecule has 1 aromatic rings. The summed E-state index contributed by atoms with van der Waals surface area (Å²) < 4.78 is 10.6. The molecule has 1 unspecified atom stereocenters. The molecule has 2 rings (SSSR count). The lowest BCUT2D eigenvalue weighted by Crippen LogP contribution is -2.51. The van der Waals surface area contributed by atoms with Crippen LogP contribution >= 0.6 is 0 Å². The van der Waals surface area contributed by atoms with Crippen LogP contribution in [0.3, 0.4) is 0 Å². The molecule has 0 aliphatic carbocycles. The molecule has 5 nitrogen and oxygen atoms in total. The van der Waals surface area contributed by atoms with Gasteiger partial charge in [0.2, 0.25) is 0 Å². The van der Waals surface area contributed by atoms with E-state index in [0.717, 1.165) is 31.1 Å². The number of anilines is 1. The van der Waals surface area contributed by atoms with Crippen LogP contribution in [0.4, 0.5) is 5.69 Å². The van der Waals surface area contributed by atoms with Crippen LogP contribution in [-0.2, 0) is 0 Å². The molecule has 1 saturated heterocycles. The molecular weight excluding hydrogens is 242 g/mol. The van der Waals surface area contributed by atoms with Gasteiger partial charge in [0, 0.05) is 31.4 Å². The Morgan fingerprint density at radius 3 is 2.84 bits per heavy atom. The molecule has 1 aliphatic heterocycles. The van der Waals surface area contributed by atoms with Crippen molar-refractivity contribution in [3.63, 3.8) is 0 Å². The van der Waals surface area contributed by atoms with Crippen LogP contribution in [0.15, 0.2) is 18.2 Å². The van der Waals surface area contributed by atoms with Gasteiger partial charge in [-0.25, -0.2) is 0 Å². The van der Waals surface area contributed by atoms with Crippen molar-refractivity contribution in [3.05, 3.63) is 18.2 Å². The smallest absolute Gasteiger partial charge is 0.162 e. The highest BCUT2D eigenvalue weighted by Crippen LogP contribution is 2.32. The predicted molar refractivity (Wildman–Crippen MR) is 73.8 cm³/mol. The SMILES string of the molecule is COc1ccc(N2CCNCC2CC#N)cc1OC. The van der Waals surface area contributed by atoms with Crippen LogP contribution in [-0.4, -0.2) is 39.9 Å². The van der Waals surface area contributed by atoms with E-state index in [0.29, 0.717) is 12.2 Å². The minimum Gasteiger partial charge on any atom is -0.493 e. The van der Waals surface area contributed by atoms with Crippen LogP contribution in [0.25, 0.3) is 0 Å². The second kappa shape index (κ2) is 6.30. The molecule has 0 radical (unpaired) electrons. The molecule has 5 heteroatoms. The zero-order valence-electron chi connectivity index (χ0n) is 11.3. The highest BCUT2D eigenvalue weighted by Gasteiger charge is 2.23. The fraction of sp³-hybridized carbons (Fsp3) is 0.500. The van der Waals surface area contributed by atoms with Gasteiger partial charge >= 0.3 is 0 Å². The average molecular weight is 261 g/mol. The Bertz CT molecular complexity index is 470. The molecule has 1 N–H and O–H groups in total.